The predicted octanol–water partition coefficient (Wildman–Crippen LogP) is 4.60. The number of rotatable bonds is 4. The van der Waals surface area contributed by atoms with Crippen LogP contribution in [-0.4, -0.2) is 12.5 Å². The van der Waals surface area contributed by atoms with Crippen LogP contribution in [0.3, 0.4) is 0 Å². The second-order valence-corrected chi connectivity index (χ2v) is 6.05. The van der Waals surface area contributed by atoms with Gasteiger partial charge in [-0.05, 0) is 67.1 Å². The molecule has 3 nitrogen and oxygen atoms in total. The van der Waals surface area contributed by atoms with Gasteiger partial charge in [0.1, 0.15) is 5.75 Å². The van der Waals surface area contributed by atoms with Crippen LogP contribution in [0.15, 0.2) is 42.5 Å². The Morgan fingerprint density at radius 3 is 2.56 bits per heavy atom. The highest BCUT2D eigenvalue weighted by Crippen LogP contribution is 2.30. The topological polar surface area (TPSA) is 38.3 Å². The molecule has 0 spiro atoms. The van der Waals surface area contributed by atoms with Gasteiger partial charge in [0, 0.05) is 5.69 Å². The van der Waals surface area contributed by atoms with Gasteiger partial charge in [0.25, 0.3) is 5.91 Å². The van der Waals surface area contributed by atoms with Crippen molar-refractivity contribution in [3.63, 3.8) is 0 Å². The number of carbonyl (C=O) groups excluding carboxylic acids is 1. The third-order valence-electron chi connectivity index (χ3n) is 4.16. The Labute approximate surface area is 143 Å². The molecule has 2 aromatic rings. The van der Waals surface area contributed by atoms with Crippen LogP contribution in [0, 0.1) is 0 Å². The van der Waals surface area contributed by atoms with Gasteiger partial charge in [-0.3, -0.25) is 4.79 Å². The number of amides is 1. The van der Waals surface area contributed by atoms with Gasteiger partial charge in [0.05, 0.1) is 5.56 Å². The highest BCUT2D eigenvalue weighted by Gasteiger charge is 2.30. The maximum absolute atomic E-state index is 12.7. The van der Waals surface area contributed by atoms with Crippen LogP contribution in [0.1, 0.15) is 29.5 Å². The van der Waals surface area contributed by atoms with E-state index in [9.17, 15) is 18.0 Å². The van der Waals surface area contributed by atoms with Crippen LogP contribution >= 0.6 is 0 Å². The van der Waals surface area contributed by atoms with Crippen molar-refractivity contribution in [3.05, 3.63) is 59.2 Å². The van der Waals surface area contributed by atoms with E-state index in [0.717, 1.165) is 31.4 Å². The maximum atomic E-state index is 12.7. The summed E-state index contributed by atoms with van der Waals surface area (Å²) < 4.78 is 43.5. The number of hydrogen-bond donors (Lipinski definition) is 1. The molecule has 0 aromatic heterocycles. The molecule has 3 rings (SSSR count). The number of halogens is 3. The van der Waals surface area contributed by atoms with Crippen molar-refractivity contribution in [1.82, 2.24) is 0 Å². The first-order valence-electron chi connectivity index (χ1n) is 8.13. The quantitative estimate of drug-likeness (QED) is 0.876. The summed E-state index contributed by atoms with van der Waals surface area (Å²) in [6.45, 7) is -0.255. The summed E-state index contributed by atoms with van der Waals surface area (Å²) in [4.78, 5) is 11.9. The highest BCUT2D eigenvalue weighted by molar-refractivity contribution is 5.91. The Balaban J connectivity index is 1.58. The molecule has 0 unspecified atom stereocenters. The van der Waals surface area contributed by atoms with E-state index in [1.807, 2.05) is 18.2 Å². The van der Waals surface area contributed by atoms with Gasteiger partial charge >= 0.3 is 6.18 Å². The van der Waals surface area contributed by atoms with Crippen molar-refractivity contribution >= 4 is 11.6 Å². The SMILES string of the molecule is O=C(COc1ccc2c(c1)CCCC2)Nc1cccc(C(F)(F)F)c1. The van der Waals surface area contributed by atoms with Crippen molar-refractivity contribution in [2.24, 2.45) is 0 Å². The number of ether oxygens (including phenoxy) is 1. The number of carbonyl (C=O) groups is 1. The summed E-state index contributed by atoms with van der Waals surface area (Å²) in [6.07, 6.45) is -0.0476. The minimum atomic E-state index is -4.44. The summed E-state index contributed by atoms with van der Waals surface area (Å²) in [5, 5.41) is 2.42. The average molecular weight is 349 g/mol. The van der Waals surface area contributed by atoms with E-state index in [0.29, 0.717) is 5.75 Å². The van der Waals surface area contributed by atoms with Crippen molar-refractivity contribution in [1.29, 1.82) is 0 Å². The highest BCUT2D eigenvalue weighted by atomic mass is 19.4. The zero-order chi connectivity index (χ0) is 17.9. The molecule has 1 amide bonds. The minimum Gasteiger partial charge on any atom is -0.484 e. The van der Waals surface area contributed by atoms with Crippen LogP contribution in [-0.2, 0) is 23.8 Å². The molecule has 0 heterocycles. The normalized spacial score (nSPS) is 13.9. The van der Waals surface area contributed by atoms with Crippen LogP contribution in [0.5, 0.6) is 5.75 Å². The molecular formula is C19H18F3NO2. The molecule has 6 heteroatoms. The van der Waals surface area contributed by atoms with E-state index in [1.165, 1.54) is 29.7 Å². The molecule has 25 heavy (non-hydrogen) atoms. The van der Waals surface area contributed by atoms with Gasteiger partial charge in [-0.1, -0.05) is 12.1 Å². The number of hydrogen-bond acceptors (Lipinski definition) is 2. The molecule has 0 atom stereocenters. The Morgan fingerprint density at radius 1 is 1.04 bits per heavy atom. The molecule has 1 N–H and O–H groups in total. The fourth-order valence-electron chi connectivity index (χ4n) is 2.92. The summed E-state index contributed by atoms with van der Waals surface area (Å²) in [6, 6.07) is 10.3. The van der Waals surface area contributed by atoms with E-state index in [-0.39, 0.29) is 12.3 Å². The van der Waals surface area contributed by atoms with Crippen LogP contribution in [0.2, 0.25) is 0 Å². The molecule has 0 radical (unpaired) electrons. The Bertz CT molecular complexity index is 772. The first-order chi connectivity index (χ1) is 11.9. The van der Waals surface area contributed by atoms with E-state index in [2.05, 4.69) is 5.32 Å². The van der Waals surface area contributed by atoms with Crippen LogP contribution < -0.4 is 10.1 Å². The number of benzene rings is 2. The molecule has 0 fully saturated rings. The largest absolute Gasteiger partial charge is 0.484 e. The fraction of sp³-hybridized carbons (Fsp3) is 0.316. The van der Waals surface area contributed by atoms with E-state index < -0.39 is 17.6 Å². The second-order valence-electron chi connectivity index (χ2n) is 6.05. The summed E-state index contributed by atoms with van der Waals surface area (Å²) in [5.41, 5.74) is 1.84. The summed E-state index contributed by atoms with van der Waals surface area (Å²) >= 11 is 0. The lowest BCUT2D eigenvalue weighted by Gasteiger charge is -2.16. The number of nitrogens with one attached hydrogen (secondary N) is 1. The lowest BCUT2D eigenvalue weighted by atomic mass is 9.92. The zero-order valence-corrected chi connectivity index (χ0v) is 13.5. The number of fused-ring (bicyclic) bond motifs is 1. The lowest BCUT2D eigenvalue weighted by molar-refractivity contribution is -0.137. The number of alkyl halides is 3. The third kappa shape index (κ3) is 4.53. The Morgan fingerprint density at radius 2 is 1.80 bits per heavy atom. The van der Waals surface area contributed by atoms with E-state index in [1.54, 1.807) is 0 Å². The first kappa shape index (κ1) is 17.3. The molecule has 1 aliphatic rings. The Hall–Kier alpha value is -2.50. The first-order valence-corrected chi connectivity index (χ1v) is 8.13. The van der Waals surface area contributed by atoms with Crippen molar-refractivity contribution in [2.45, 2.75) is 31.9 Å². The van der Waals surface area contributed by atoms with Crippen LogP contribution in [0.25, 0.3) is 0 Å². The molecule has 1 aliphatic carbocycles. The smallest absolute Gasteiger partial charge is 0.416 e. The number of anilines is 1. The molecule has 0 saturated carbocycles. The van der Waals surface area contributed by atoms with Gasteiger partial charge in [0.2, 0.25) is 0 Å². The Kier molecular flexibility index (Phi) is 4.97. The standard InChI is InChI=1S/C19H18F3NO2/c20-19(21,22)15-6-3-7-16(11-15)23-18(24)12-25-17-9-8-13-4-1-2-5-14(13)10-17/h3,6-11H,1-2,4-5,12H2,(H,23,24). The average Bonchev–Trinajstić information content (AvgIpc) is 2.59. The third-order valence-corrected chi connectivity index (χ3v) is 4.16. The maximum Gasteiger partial charge on any atom is 0.416 e. The van der Waals surface area contributed by atoms with Crippen LogP contribution in [0.4, 0.5) is 18.9 Å². The molecule has 132 valence electrons. The van der Waals surface area contributed by atoms with Crippen molar-refractivity contribution in [3.8, 4) is 5.75 Å². The lowest BCUT2D eigenvalue weighted by Crippen LogP contribution is -2.20. The molecule has 0 aliphatic heterocycles. The van der Waals surface area contributed by atoms with Gasteiger partial charge < -0.3 is 10.1 Å². The van der Waals surface area contributed by atoms with Gasteiger partial charge in [-0.2, -0.15) is 13.2 Å². The van der Waals surface area contributed by atoms with Gasteiger partial charge in [-0.15, -0.1) is 0 Å². The number of aryl methyl sites for hydroxylation is 2. The second kappa shape index (κ2) is 7.17. The molecule has 0 saturated heterocycles. The van der Waals surface area contributed by atoms with E-state index in [4.69, 9.17) is 4.74 Å². The molecule has 0 bridgehead atoms. The summed E-state index contributed by atoms with van der Waals surface area (Å²) in [7, 11) is 0. The zero-order valence-electron chi connectivity index (χ0n) is 13.5. The van der Waals surface area contributed by atoms with Crippen molar-refractivity contribution in [2.75, 3.05) is 11.9 Å². The van der Waals surface area contributed by atoms with E-state index >= 15 is 0 Å². The monoisotopic (exact) mass is 349 g/mol. The van der Waals surface area contributed by atoms with Gasteiger partial charge in [0.15, 0.2) is 6.61 Å². The minimum absolute atomic E-state index is 0.0915. The predicted molar refractivity (Wildman–Crippen MR) is 88.7 cm³/mol. The summed E-state index contributed by atoms with van der Waals surface area (Å²) in [5.74, 6) is 0.0943. The van der Waals surface area contributed by atoms with Gasteiger partial charge in [-0.25, -0.2) is 0 Å². The molecular weight excluding hydrogens is 331 g/mol. The van der Waals surface area contributed by atoms with Crippen molar-refractivity contribution < 1.29 is 22.7 Å². The fourth-order valence-corrected chi connectivity index (χ4v) is 2.92. The molecule has 2 aromatic carbocycles.